The number of amides is 1. The molecule has 0 aliphatic heterocycles. The summed E-state index contributed by atoms with van der Waals surface area (Å²) in [6.45, 7) is 0. The fourth-order valence-electron chi connectivity index (χ4n) is 2.47. The highest BCUT2D eigenvalue weighted by atomic mass is 35.5. The van der Waals surface area contributed by atoms with Gasteiger partial charge in [0.2, 0.25) is 5.91 Å². The molecular weight excluding hydrogens is 264 g/mol. The van der Waals surface area contributed by atoms with Gasteiger partial charge < -0.3 is 5.73 Å². The molecule has 2 atom stereocenters. The number of pyridine rings is 1. The number of hydrogen-bond donors (Lipinski definition) is 1. The number of rotatable bonds is 3. The number of carbonyl (C=O) groups is 1. The molecule has 2 aromatic heterocycles. The first kappa shape index (κ1) is 12.0. The van der Waals surface area contributed by atoms with E-state index in [9.17, 15) is 4.79 Å². The van der Waals surface area contributed by atoms with Crippen LogP contribution in [0.1, 0.15) is 23.7 Å². The lowest BCUT2D eigenvalue weighted by molar-refractivity contribution is -0.120. The van der Waals surface area contributed by atoms with Gasteiger partial charge in [0.05, 0.1) is 5.69 Å². The van der Waals surface area contributed by atoms with Crippen molar-refractivity contribution in [3.05, 3.63) is 53.3 Å². The Kier molecular flexibility index (Phi) is 2.71. The van der Waals surface area contributed by atoms with Crippen LogP contribution in [-0.4, -0.2) is 20.9 Å². The van der Waals surface area contributed by atoms with Crippen molar-refractivity contribution in [3.8, 4) is 0 Å². The van der Waals surface area contributed by atoms with E-state index in [1.165, 1.54) is 6.33 Å². The molecule has 1 amide bonds. The lowest BCUT2D eigenvalue weighted by atomic mass is 9.96. The quantitative estimate of drug-likeness (QED) is 0.918. The molecule has 1 saturated carbocycles. The molecule has 1 aliphatic carbocycles. The molecule has 2 aromatic rings. The SMILES string of the molecule is NC(=O)C1(c2ccncn2)CC1c1cc(Cl)ccn1. The second-order valence-electron chi connectivity index (χ2n) is 4.59. The highest BCUT2D eigenvalue weighted by Gasteiger charge is 2.62. The monoisotopic (exact) mass is 274 g/mol. The number of halogens is 1. The second-order valence-corrected chi connectivity index (χ2v) is 5.02. The van der Waals surface area contributed by atoms with Gasteiger partial charge in [0.25, 0.3) is 0 Å². The molecule has 0 saturated heterocycles. The summed E-state index contributed by atoms with van der Waals surface area (Å²) in [5.41, 5.74) is 6.20. The number of carbonyl (C=O) groups excluding carboxylic acids is 1. The number of nitrogens with zero attached hydrogens (tertiary/aromatic N) is 3. The van der Waals surface area contributed by atoms with E-state index in [4.69, 9.17) is 17.3 Å². The van der Waals surface area contributed by atoms with Gasteiger partial charge in [-0.25, -0.2) is 9.97 Å². The summed E-state index contributed by atoms with van der Waals surface area (Å²) < 4.78 is 0. The maximum atomic E-state index is 11.9. The first-order chi connectivity index (χ1) is 9.14. The van der Waals surface area contributed by atoms with Gasteiger partial charge in [0.15, 0.2) is 0 Å². The smallest absolute Gasteiger partial charge is 0.230 e. The predicted octanol–water partition coefficient (Wildman–Crippen LogP) is 1.44. The summed E-state index contributed by atoms with van der Waals surface area (Å²) in [5.74, 6) is -0.462. The van der Waals surface area contributed by atoms with Crippen LogP contribution in [0.3, 0.4) is 0 Å². The standard InChI is InChI=1S/C13H11ClN4O/c14-8-1-4-17-10(5-8)9-6-13(9,12(15)19)11-2-3-16-7-18-11/h1-5,7,9H,6H2,(H2,15,19). The normalized spacial score (nSPS) is 25.0. The van der Waals surface area contributed by atoms with Gasteiger partial charge in [-0.3, -0.25) is 9.78 Å². The van der Waals surface area contributed by atoms with Crippen LogP contribution >= 0.6 is 11.6 Å². The average Bonchev–Trinajstić information content (AvgIpc) is 3.16. The summed E-state index contributed by atoms with van der Waals surface area (Å²) in [7, 11) is 0. The molecule has 0 aromatic carbocycles. The molecule has 1 aliphatic rings. The van der Waals surface area contributed by atoms with Gasteiger partial charge in [-0.15, -0.1) is 0 Å². The highest BCUT2D eigenvalue weighted by molar-refractivity contribution is 6.30. The first-order valence-electron chi connectivity index (χ1n) is 5.82. The molecular formula is C13H11ClN4O. The van der Waals surface area contributed by atoms with Crippen LogP contribution in [-0.2, 0) is 10.2 Å². The van der Waals surface area contributed by atoms with E-state index in [2.05, 4.69) is 15.0 Å². The molecule has 2 N–H and O–H groups in total. The van der Waals surface area contributed by atoms with Crippen molar-refractivity contribution in [3.63, 3.8) is 0 Å². The van der Waals surface area contributed by atoms with Crippen LogP contribution < -0.4 is 5.73 Å². The molecule has 2 heterocycles. The molecule has 2 unspecified atom stereocenters. The minimum Gasteiger partial charge on any atom is -0.369 e. The van der Waals surface area contributed by atoms with Crippen LogP contribution in [0.2, 0.25) is 5.02 Å². The molecule has 0 spiro atoms. The van der Waals surface area contributed by atoms with Crippen LogP contribution in [0.15, 0.2) is 36.9 Å². The summed E-state index contributed by atoms with van der Waals surface area (Å²) in [6, 6.07) is 5.18. The van der Waals surface area contributed by atoms with E-state index in [0.717, 1.165) is 5.69 Å². The molecule has 0 bridgehead atoms. The van der Waals surface area contributed by atoms with Gasteiger partial charge in [-0.05, 0) is 24.6 Å². The van der Waals surface area contributed by atoms with Crippen molar-refractivity contribution in [1.82, 2.24) is 15.0 Å². The lowest BCUT2D eigenvalue weighted by Gasteiger charge is -2.12. The molecule has 1 fully saturated rings. The number of primary amides is 1. The Bertz CT molecular complexity index is 634. The summed E-state index contributed by atoms with van der Waals surface area (Å²) in [6.07, 6.45) is 5.25. The lowest BCUT2D eigenvalue weighted by Crippen LogP contribution is -2.31. The zero-order valence-corrected chi connectivity index (χ0v) is 10.7. The van der Waals surface area contributed by atoms with E-state index in [-0.39, 0.29) is 5.92 Å². The second kappa shape index (κ2) is 4.28. The van der Waals surface area contributed by atoms with Crippen LogP contribution in [0.25, 0.3) is 0 Å². The molecule has 96 valence electrons. The van der Waals surface area contributed by atoms with Crippen molar-refractivity contribution < 1.29 is 4.79 Å². The molecule has 19 heavy (non-hydrogen) atoms. The van der Waals surface area contributed by atoms with Gasteiger partial charge in [0, 0.05) is 29.0 Å². The van der Waals surface area contributed by atoms with E-state index in [0.29, 0.717) is 17.1 Å². The van der Waals surface area contributed by atoms with E-state index in [1.54, 1.807) is 30.6 Å². The fraction of sp³-hybridized carbons (Fsp3) is 0.231. The van der Waals surface area contributed by atoms with Crippen molar-refractivity contribution in [2.24, 2.45) is 5.73 Å². The van der Waals surface area contributed by atoms with Crippen LogP contribution in [0.5, 0.6) is 0 Å². The Labute approximate surface area is 114 Å². The van der Waals surface area contributed by atoms with Crippen LogP contribution in [0.4, 0.5) is 0 Å². The van der Waals surface area contributed by atoms with Gasteiger partial charge in [-0.2, -0.15) is 0 Å². The maximum Gasteiger partial charge on any atom is 0.230 e. The number of nitrogens with two attached hydrogens (primary N) is 1. The van der Waals surface area contributed by atoms with Crippen molar-refractivity contribution in [2.45, 2.75) is 17.8 Å². The van der Waals surface area contributed by atoms with Gasteiger partial charge >= 0.3 is 0 Å². The van der Waals surface area contributed by atoms with E-state index >= 15 is 0 Å². The molecule has 6 heteroatoms. The molecule has 0 radical (unpaired) electrons. The third-order valence-electron chi connectivity index (χ3n) is 3.54. The van der Waals surface area contributed by atoms with Crippen molar-refractivity contribution >= 4 is 17.5 Å². The first-order valence-corrected chi connectivity index (χ1v) is 6.20. The Hall–Kier alpha value is -2.01. The van der Waals surface area contributed by atoms with Crippen LogP contribution in [0, 0.1) is 0 Å². The Morgan fingerprint density at radius 3 is 2.84 bits per heavy atom. The zero-order chi connectivity index (χ0) is 13.5. The Morgan fingerprint density at radius 1 is 1.37 bits per heavy atom. The Morgan fingerprint density at radius 2 is 2.21 bits per heavy atom. The summed E-state index contributed by atoms with van der Waals surface area (Å²) in [4.78, 5) is 24.1. The number of aromatic nitrogens is 3. The fourth-order valence-corrected chi connectivity index (χ4v) is 2.64. The minimum atomic E-state index is -0.777. The van der Waals surface area contributed by atoms with Crippen molar-refractivity contribution in [2.75, 3.05) is 0 Å². The maximum absolute atomic E-state index is 11.9. The molecule has 5 nitrogen and oxygen atoms in total. The topological polar surface area (TPSA) is 81.8 Å². The molecule has 3 rings (SSSR count). The highest BCUT2D eigenvalue weighted by Crippen LogP contribution is 2.59. The minimum absolute atomic E-state index is 0.0707. The van der Waals surface area contributed by atoms with Gasteiger partial charge in [-0.1, -0.05) is 11.6 Å². The summed E-state index contributed by atoms with van der Waals surface area (Å²) >= 11 is 5.95. The van der Waals surface area contributed by atoms with E-state index in [1.807, 2.05) is 0 Å². The zero-order valence-electron chi connectivity index (χ0n) is 9.95. The largest absolute Gasteiger partial charge is 0.369 e. The summed E-state index contributed by atoms with van der Waals surface area (Å²) in [5, 5.41) is 0.595. The van der Waals surface area contributed by atoms with Crippen molar-refractivity contribution in [1.29, 1.82) is 0 Å². The predicted molar refractivity (Wildman–Crippen MR) is 69.5 cm³/mol. The third-order valence-corrected chi connectivity index (χ3v) is 3.77. The van der Waals surface area contributed by atoms with E-state index < -0.39 is 11.3 Å². The average molecular weight is 275 g/mol. The third kappa shape index (κ3) is 1.86. The number of hydrogen-bond acceptors (Lipinski definition) is 4. The Balaban J connectivity index is 2.02. The van der Waals surface area contributed by atoms with Gasteiger partial charge in [0.1, 0.15) is 11.7 Å².